The van der Waals surface area contributed by atoms with E-state index in [9.17, 15) is 4.79 Å². The third-order valence-corrected chi connectivity index (χ3v) is 3.80. The molecule has 23 heavy (non-hydrogen) atoms. The van der Waals surface area contributed by atoms with E-state index in [4.69, 9.17) is 9.47 Å². The van der Waals surface area contributed by atoms with Gasteiger partial charge >= 0.3 is 0 Å². The number of fused-ring (bicyclic) bond motifs is 1. The van der Waals surface area contributed by atoms with Gasteiger partial charge in [-0.25, -0.2) is 0 Å². The molecule has 0 atom stereocenters. The minimum Gasteiger partial charge on any atom is -0.496 e. The Kier molecular flexibility index (Phi) is 3.93. The molecule has 0 aliphatic heterocycles. The van der Waals surface area contributed by atoms with Gasteiger partial charge in [0.05, 0.1) is 14.2 Å². The maximum absolute atomic E-state index is 12.6. The van der Waals surface area contributed by atoms with Crippen molar-refractivity contribution in [1.82, 2.24) is 4.57 Å². The number of rotatable bonds is 4. The molecule has 5 heteroatoms. The van der Waals surface area contributed by atoms with Crippen LogP contribution in [0.3, 0.4) is 0 Å². The third-order valence-electron chi connectivity index (χ3n) is 3.80. The summed E-state index contributed by atoms with van der Waals surface area (Å²) in [6.45, 7) is 0. The summed E-state index contributed by atoms with van der Waals surface area (Å²) in [7, 11) is 5.05. The van der Waals surface area contributed by atoms with Crippen molar-refractivity contribution in [2.45, 2.75) is 0 Å². The Hall–Kier alpha value is -2.95. The van der Waals surface area contributed by atoms with E-state index < -0.39 is 0 Å². The van der Waals surface area contributed by atoms with Gasteiger partial charge < -0.3 is 19.4 Å². The molecule has 5 nitrogen and oxygen atoms in total. The summed E-state index contributed by atoms with van der Waals surface area (Å²) in [6, 6.07) is 13.1. The van der Waals surface area contributed by atoms with E-state index in [-0.39, 0.29) is 5.91 Å². The molecule has 1 aromatic heterocycles. The van der Waals surface area contributed by atoms with Gasteiger partial charge in [-0.15, -0.1) is 0 Å². The second-order valence-electron chi connectivity index (χ2n) is 5.19. The minimum atomic E-state index is -0.269. The lowest BCUT2D eigenvalue weighted by Gasteiger charge is -2.13. The van der Waals surface area contributed by atoms with Crippen LogP contribution in [0.15, 0.2) is 48.7 Å². The van der Waals surface area contributed by atoms with Crippen molar-refractivity contribution >= 4 is 22.5 Å². The first kappa shape index (κ1) is 15.0. The highest BCUT2D eigenvalue weighted by Crippen LogP contribution is 2.29. The van der Waals surface area contributed by atoms with E-state index >= 15 is 0 Å². The number of aryl methyl sites for hydroxylation is 1. The zero-order valence-corrected chi connectivity index (χ0v) is 13.3. The Balaban J connectivity index is 1.94. The second-order valence-corrected chi connectivity index (χ2v) is 5.19. The summed E-state index contributed by atoms with van der Waals surface area (Å²) in [4.78, 5) is 12.6. The molecule has 3 aromatic rings. The molecule has 0 aliphatic rings. The van der Waals surface area contributed by atoms with Crippen LogP contribution < -0.4 is 14.8 Å². The van der Waals surface area contributed by atoms with Crippen molar-refractivity contribution in [3.8, 4) is 11.5 Å². The van der Waals surface area contributed by atoms with Crippen molar-refractivity contribution < 1.29 is 14.3 Å². The van der Waals surface area contributed by atoms with Crippen molar-refractivity contribution in [1.29, 1.82) is 0 Å². The summed E-state index contributed by atoms with van der Waals surface area (Å²) < 4.78 is 12.6. The summed E-state index contributed by atoms with van der Waals surface area (Å²) in [5.41, 5.74) is 2.21. The van der Waals surface area contributed by atoms with Crippen LogP contribution in [0, 0.1) is 0 Å². The van der Waals surface area contributed by atoms with Crippen molar-refractivity contribution in [2.24, 2.45) is 7.05 Å². The average molecular weight is 310 g/mol. The number of anilines is 1. The Morgan fingerprint density at radius 3 is 2.39 bits per heavy atom. The topological polar surface area (TPSA) is 52.5 Å². The summed E-state index contributed by atoms with van der Waals surface area (Å²) in [5.74, 6) is 0.680. The lowest BCUT2D eigenvalue weighted by atomic mass is 10.1. The SMILES string of the molecule is COc1cccc(OC)c1C(=O)Nc1ccc2c(ccn2C)c1. The third kappa shape index (κ3) is 2.73. The van der Waals surface area contributed by atoms with Crippen LogP contribution in [-0.4, -0.2) is 24.7 Å². The second kappa shape index (κ2) is 6.04. The zero-order valence-electron chi connectivity index (χ0n) is 13.3. The molecule has 1 heterocycles. The van der Waals surface area contributed by atoms with Crippen LogP contribution in [0.4, 0.5) is 5.69 Å². The van der Waals surface area contributed by atoms with Crippen LogP contribution >= 0.6 is 0 Å². The van der Waals surface area contributed by atoms with E-state index in [0.717, 1.165) is 16.6 Å². The molecule has 0 saturated heterocycles. The van der Waals surface area contributed by atoms with E-state index in [0.29, 0.717) is 17.1 Å². The van der Waals surface area contributed by atoms with E-state index in [2.05, 4.69) is 5.32 Å². The predicted molar refractivity (Wildman–Crippen MR) is 90.4 cm³/mol. The Morgan fingerprint density at radius 1 is 1.04 bits per heavy atom. The number of ether oxygens (including phenoxy) is 2. The molecule has 0 spiro atoms. The maximum Gasteiger partial charge on any atom is 0.263 e. The van der Waals surface area contributed by atoms with Crippen LogP contribution in [0.2, 0.25) is 0 Å². The summed E-state index contributed by atoms with van der Waals surface area (Å²) in [5, 5.41) is 3.97. The fourth-order valence-corrected chi connectivity index (χ4v) is 2.63. The number of amides is 1. The standard InChI is InChI=1S/C18H18N2O3/c1-20-10-9-12-11-13(7-8-14(12)20)19-18(21)17-15(22-2)5-4-6-16(17)23-3/h4-11H,1-3H3,(H,19,21). The highest BCUT2D eigenvalue weighted by molar-refractivity contribution is 6.08. The van der Waals surface area contributed by atoms with Gasteiger partial charge in [-0.1, -0.05) is 6.07 Å². The summed E-state index contributed by atoms with van der Waals surface area (Å²) >= 11 is 0. The molecule has 0 saturated carbocycles. The molecular weight excluding hydrogens is 292 g/mol. The van der Waals surface area contributed by atoms with E-state index in [1.54, 1.807) is 18.2 Å². The number of carbonyl (C=O) groups is 1. The normalized spacial score (nSPS) is 10.6. The Labute approximate surface area is 134 Å². The van der Waals surface area contributed by atoms with E-state index in [1.165, 1.54) is 14.2 Å². The molecule has 1 amide bonds. The van der Waals surface area contributed by atoms with Gasteiger partial charge in [0.2, 0.25) is 0 Å². The number of hydrogen-bond donors (Lipinski definition) is 1. The van der Waals surface area contributed by atoms with E-state index in [1.807, 2.05) is 42.1 Å². The summed E-state index contributed by atoms with van der Waals surface area (Å²) in [6.07, 6.45) is 1.99. The maximum atomic E-state index is 12.6. The number of methoxy groups -OCH3 is 2. The first-order valence-corrected chi connectivity index (χ1v) is 7.21. The molecule has 1 N–H and O–H groups in total. The van der Waals surface area contributed by atoms with Gasteiger partial charge in [-0.3, -0.25) is 4.79 Å². The van der Waals surface area contributed by atoms with Crippen molar-refractivity contribution in [3.63, 3.8) is 0 Å². The number of carbonyl (C=O) groups excluding carboxylic acids is 1. The Morgan fingerprint density at radius 2 is 1.74 bits per heavy atom. The van der Waals surface area contributed by atoms with Crippen LogP contribution in [0.5, 0.6) is 11.5 Å². The average Bonchev–Trinajstić information content (AvgIpc) is 2.94. The number of hydrogen-bond acceptors (Lipinski definition) is 3. The van der Waals surface area contributed by atoms with Crippen molar-refractivity contribution in [3.05, 3.63) is 54.2 Å². The molecule has 2 aromatic carbocycles. The number of nitrogens with one attached hydrogen (secondary N) is 1. The molecule has 0 bridgehead atoms. The fourth-order valence-electron chi connectivity index (χ4n) is 2.63. The molecule has 0 aliphatic carbocycles. The number of benzene rings is 2. The number of nitrogens with zero attached hydrogens (tertiary/aromatic N) is 1. The van der Waals surface area contributed by atoms with Gasteiger partial charge in [0.1, 0.15) is 17.1 Å². The quantitative estimate of drug-likeness (QED) is 0.803. The predicted octanol–water partition coefficient (Wildman–Crippen LogP) is 3.45. The smallest absolute Gasteiger partial charge is 0.263 e. The fraction of sp³-hybridized carbons (Fsp3) is 0.167. The highest BCUT2D eigenvalue weighted by atomic mass is 16.5. The van der Waals surface area contributed by atoms with Crippen LogP contribution in [0.1, 0.15) is 10.4 Å². The van der Waals surface area contributed by atoms with Crippen LogP contribution in [0.25, 0.3) is 10.9 Å². The van der Waals surface area contributed by atoms with Crippen LogP contribution in [-0.2, 0) is 7.05 Å². The monoisotopic (exact) mass is 310 g/mol. The molecule has 3 rings (SSSR count). The van der Waals surface area contributed by atoms with Gasteiger partial charge in [-0.05, 0) is 36.4 Å². The lowest BCUT2D eigenvalue weighted by Crippen LogP contribution is -2.14. The first-order chi connectivity index (χ1) is 11.1. The van der Waals surface area contributed by atoms with Gasteiger partial charge in [0.15, 0.2) is 0 Å². The molecule has 0 radical (unpaired) electrons. The van der Waals surface area contributed by atoms with Gasteiger partial charge in [0.25, 0.3) is 5.91 Å². The Bertz CT molecular complexity index is 846. The highest BCUT2D eigenvalue weighted by Gasteiger charge is 2.18. The largest absolute Gasteiger partial charge is 0.496 e. The molecule has 118 valence electrons. The minimum absolute atomic E-state index is 0.269. The van der Waals surface area contributed by atoms with Gasteiger partial charge in [0, 0.05) is 29.8 Å². The number of aromatic nitrogens is 1. The van der Waals surface area contributed by atoms with Gasteiger partial charge in [-0.2, -0.15) is 0 Å². The molecular formula is C18H18N2O3. The van der Waals surface area contributed by atoms with Crippen molar-refractivity contribution in [2.75, 3.05) is 19.5 Å². The lowest BCUT2D eigenvalue weighted by molar-refractivity contribution is 0.102. The molecule has 0 unspecified atom stereocenters. The first-order valence-electron chi connectivity index (χ1n) is 7.21. The molecule has 0 fully saturated rings. The zero-order chi connectivity index (χ0) is 16.4.